The summed E-state index contributed by atoms with van der Waals surface area (Å²) in [5.74, 6) is 0. The van der Waals surface area contributed by atoms with Crippen LogP contribution in [0.2, 0.25) is 0 Å². The molecular weight excluding hydrogens is 188 g/mol. The minimum absolute atomic E-state index is 1.28. The fourth-order valence-corrected chi connectivity index (χ4v) is 2.82. The second-order valence-corrected chi connectivity index (χ2v) is 4.93. The van der Waals surface area contributed by atoms with Gasteiger partial charge in [-0.15, -0.1) is 11.3 Å². The van der Waals surface area contributed by atoms with E-state index < -0.39 is 0 Å². The van der Waals surface area contributed by atoms with Gasteiger partial charge in [0.15, 0.2) is 0 Å². The second kappa shape index (κ2) is 7.05. The zero-order valence-corrected chi connectivity index (χ0v) is 10.3. The summed E-state index contributed by atoms with van der Waals surface area (Å²) in [7, 11) is 0. The van der Waals surface area contributed by atoms with Crippen LogP contribution in [0.4, 0.5) is 0 Å². The van der Waals surface area contributed by atoms with Crippen molar-refractivity contribution < 1.29 is 0 Å². The Labute approximate surface area is 92.4 Å². The van der Waals surface area contributed by atoms with Crippen LogP contribution in [-0.4, -0.2) is 0 Å². The van der Waals surface area contributed by atoms with E-state index in [1.807, 2.05) is 11.3 Å². The molecule has 80 valence electrons. The van der Waals surface area contributed by atoms with E-state index in [0.29, 0.717) is 0 Å². The molecule has 0 aliphatic rings. The van der Waals surface area contributed by atoms with Crippen LogP contribution in [-0.2, 0) is 12.8 Å². The average Bonchev–Trinajstić information content (AvgIpc) is 2.61. The Bertz CT molecular complexity index is 237. The van der Waals surface area contributed by atoms with Crippen molar-refractivity contribution in [2.24, 2.45) is 0 Å². The molecule has 0 amide bonds. The monoisotopic (exact) mass is 210 g/mol. The van der Waals surface area contributed by atoms with Gasteiger partial charge in [-0.3, -0.25) is 0 Å². The topological polar surface area (TPSA) is 0 Å². The lowest BCUT2D eigenvalue weighted by atomic mass is 10.1. The van der Waals surface area contributed by atoms with Gasteiger partial charge in [-0.25, -0.2) is 0 Å². The van der Waals surface area contributed by atoms with Crippen molar-refractivity contribution in [2.75, 3.05) is 0 Å². The van der Waals surface area contributed by atoms with Crippen LogP contribution in [0.3, 0.4) is 0 Å². The van der Waals surface area contributed by atoms with E-state index in [4.69, 9.17) is 0 Å². The number of hydrogen-bond acceptors (Lipinski definition) is 1. The van der Waals surface area contributed by atoms with Crippen molar-refractivity contribution in [1.29, 1.82) is 0 Å². The molecule has 0 bridgehead atoms. The van der Waals surface area contributed by atoms with Gasteiger partial charge in [0, 0.05) is 4.88 Å². The normalized spacial score (nSPS) is 10.7. The summed E-state index contributed by atoms with van der Waals surface area (Å²) in [6, 6.07) is 2.32. The lowest BCUT2D eigenvalue weighted by Gasteiger charge is -2.02. The van der Waals surface area contributed by atoms with Gasteiger partial charge in [0.05, 0.1) is 0 Å². The predicted molar refractivity (Wildman–Crippen MR) is 66.2 cm³/mol. The molecule has 0 fully saturated rings. The molecule has 0 N–H and O–H groups in total. The zero-order chi connectivity index (χ0) is 10.2. The van der Waals surface area contributed by atoms with E-state index in [0.717, 1.165) is 0 Å². The fraction of sp³-hybridized carbons (Fsp3) is 0.692. The Hall–Kier alpha value is -0.300. The van der Waals surface area contributed by atoms with Crippen molar-refractivity contribution in [3.63, 3.8) is 0 Å². The van der Waals surface area contributed by atoms with Crippen LogP contribution in [0, 0.1) is 0 Å². The van der Waals surface area contributed by atoms with Crippen LogP contribution in [0.15, 0.2) is 11.4 Å². The minimum Gasteiger partial charge on any atom is -0.149 e. The molecule has 0 spiro atoms. The van der Waals surface area contributed by atoms with Gasteiger partial charge in [-0.2, -0.15) is 0 Å². The number of rotatable bonds is 7. The van der Waals surface area contributed by atoms with Gasteiger partial charge < -0.3 is 0 Å². The first kappa shape index (κ1) is 11.8. The summed E-state index contributed by atoms with van der Waals surface area (Å²) < 4.78 is 0. The average molecular weight is 210 g/mol. The summed E-state index contributed by atoms with van der Waals surface area (Å²) in [4.78, 5) is 1.63. The van der Waals surface area contributed by atoms with E-state index in [1.165, 1.54) is 44.9 Å². The molecule has 1 heteroatoms. The quantitative estimate of drug-likeness (QED) is 0.566. The minimum atomic E-state index is 1.28. The standard InChI is InChI=1S/C13H22S/c1-3-5-6-7-9-12-10-11-14-13(12)8-4-2/h10-11H,3-9H2,1-2H3. The molecule has 0 saturated carbocycles. The summed E-state index contributed by atoms with van der Waals surface area (Å²) >= 11 is 1.94. The van der Waals surface area contributed by atoms with Gasteiger partial charge >= 0.3 is 0 Å². The molecule has 0 aliphatic heterocycles. The van der Waals surface area contributed by atoms with E-state index in [9.17, 15) is 0 Å². The third-order valence-electron chi connectivity index (χ3n) is 2.61. The predicted octanol–water partition coefficient (Wildman–Crippen LogP) is 4.82. The second-order valence-electron chi connectivity index (χ2n) is 3.93. The first-order chi connectivity index (χ1) is 6.88. The third kappa shape index (κ3) is 3.83. The molecule has 0 atom stereocenters. The number of hydrogen-bond donors (Lipinski definition) is 0. The maximum Gasteiger partial charge on any atom is 0.00771 e. The smallest absolute Gasteiger partial charge is 0.00771 e. The Balaban J connectivity index is 2.30. The van der Waals surface area contributed by atoms with Gasteiger partial charge in [0.2, 0.25) is 0 Å². The Morgan fingerprint density at radius 1 is 1.00 bits per heavy atom. The first-order valence-corrected chi connectivity index (χ1v) is 6.81. The molecule has 1 rings (SSSR count). The SMILES string of the molecule is CCCCCCc1ccsc1CCC. The fourth-order valence-electron chi connectivity index (χ4n) is 1.78. The molecule has 0 saturated heterocycles. The highest BCUT2D eigenvalue weighted by Gasteiger charge is 2.02. The lowest BCUT2D eigenvalue weighted by molar-refractivity contribution is 0.665. The van der Waals surface area contributed by atoms with Gasteiger partial charge in [0.25, 0.3) is 0 Å². The number of aryl methyl sites for hydroxylation is 2. The van der Waals surface area contributed by atoms with E-state index >= 15 is 0 Å². The van der Waals surface area contributed by atoms with E-state index in [-0.39, 0.29) is 0 Å². The summed E-state index contributed by atoms with van der Waals surface area (Å²) in [6.45, 7) is 4.54. The lowest BCUT2D eigenvalue weighted by Crippen LogP contribution is -1.88. The molecule has 14 heavy (non-hydrogen) atoms. The molecule has 1 aromatic rings. The molecular formula is C13H22S. The molecule has 0 aliphatic carbocycles. The molecule has 1 heterocycles. The summed E-state index contributed by atoms with van der Waals surface area (Å²) in [5, 5.41) is 2.25. The zero-order valence-electron chi connectivity index (χ0n) is 9.51. The molecule has 0 radical (unpaired) electrons. The maximum atomic E-state index is 2.32. The summed E-state index contributed by atoms with van der Waals surface area (Å²) in [6.07, 6.45) is 9.37. The Morgan fingerprint density at radius 2 is 1.86 bits per heavy atom. The van der Waals surface area contributed by atoms with Crippen LogP contribution >= 0.6 is 11.3 Å². The largest absolute Gasteiger partial charge is 0.149 e. The number of thiophene rings is 1. The van der Waals surface area contributed by atoms with Crippen molar-refractivity contribution >= 4 is 11.3 Å². The van der Waals surface area contributed by atoms with Crippen molar-refractivity contribution in [2.45, 2.75) is 58.8 Å². The number of unbranched alkanes of at least 4 members (excludes halogenated alkanes) is 3. The molecule has 1 aromatic heterocycles. The Kier molecular flexibility index (Phi) is 5.93. The highest BCUT2D eigenvalue weighted by molar-refractivity contribution is 7.10. The van der Waals surface area contributed by atoms with E-state index in [2.05, 4.69) is 25.3 Å². The molecule has 0 nitrogen and oxygen atoms in total. The van der Waals surface area contributed by atoms with Gasteiger partial charge in [-0.1, -0.05) is 39.5 Å². The Morgan fingerprint density at radius 3 is 2.57 bits per heavy atom. The van der Waals surface area contributed by atoms with Crippen molar-refractivity contribution in [3.05, 3.63) is 21.9 Å². The third-order valence-corrected chi connectivity index (χ3v) is 3.64. The van der Waals surface area contributed by atoms with Crippen molar-refractivity contribution in [3.8, 4) is 0 Å². The highest BCUT2D eigenvalue weighted by atomic mass is 32.1. The van der Waals surface area contributed by atoms with Crippen LogP contribution in [0.5, 0.6) is 0 Å². The van der Waals surface area contributed by atoms with Crippen molar-refractivity contribution in [1.82, 2.24) is 0 Å². The first-order valence-electron chi connectivity index (χ1n) is 5.93. The van der Waals surface area contributed by atoms with Crippen LogP contribution in [0.1, 0.15) is 56.4 Å². The maximum absolute atomic E-state index is 2.32. The van der Waals surface area contributed by atoms with E-state index in [1.54, 1.807) is 10.4 Å². The van der Waals surface area contributed by atoms with Gasteiger partial charge in [0.1, 0.15) is 0 Å². The highest BCUT2D eigenvalue weighted by Crippen LogP contribution is 2.20. The molecule has 0 aromatic carbocycles. The van der Waals surface area contributed by atoms with Gasteiger partial charge in [-0.05, 0) is 36.3 Å². The molecule has 0 unspecified atom stereocenters. The summed E-state index contributed by atoms with van der Waals surface area (Å²) in [5.41, 5.74) is 1.62. The van der Waals surface area contributed by atoms with Crippen LogP contribution in [0.25, 0.3) is 0 Å². The van der Waals surface area contributed by atoms with Crippen LogP contribution < -0.4 is 0 Å².